The smallest absolute Gasteiger partial charge is 0.0387 e. The van der Waals surface area contributed by atoms with Crippen molar-refractivity contribution in [1.29, 1.82) is 0 Å². The molecule has 0 saturated carbocycles. The number of likely N-dealkylation sites (N-methyl/N-ethyl adjacent to an activating group) is 1. The summed E-state index contributed by atoms with van der Waals surface area (Å²) < 4.78 is 1.40. The summed E-state index contributed by atoms with van der Waals surface area (Å²) in [4.78, 5) is 2.31. The second-order valence-corrected chi connectivity index (χ2v) is 7.29. The van der Waals surface area contributed by atoms with Crippen molar-refractivity contribution in [3.8, 4) is 11.8 Å². The van der Waals surface area contributed by atoms with Gasteiger partial charge in [-0.2, -0.15) is 0 Å². The Morgan fingerprint density at radius 1 is 1.23 bits per heavy atom. The number of benzene rings is 1. The summed E-state index contributed by atoms with van der Waals surface area (Å²) in [7, 11) is 2.15. The zero-order chi connectivity index (χ0) is 15.3. The van der Waals surface area contributed by atoms with Gasteiger partial charge < -0.3 is 0 Å². The van der Waals surface area contributed by atoms with E-state index in [1.54, 1.807) is 0 Å². The quantitative estimate of drug-likeness (QED) is 0.681. The zero-order valence-corrected chi connectivity index (χ0v) is 15.4. The minimum Gasteiger partial charge on any atom is -0.298 e. The Hall–Kier alpha value is -1.27. The van der Waals surface area contributed by atoms with Crippen LogP contribution in [0, 0.1) is 17.3 Å². The van der Waals surface area contributed by atoms with E-state index in [-0.39, 0.29) is 17.8 Å². The molecule has 22 heavy (non-hydrogen) atoms. The predicted octanol–water partition coefficient (Wildman–Crippen LogP) is 5.36. The molecular weight excluding hydrogens is 310 g/mol. The van der Waals surface area contributed by atoms with E-state index >= 15 is 0 Å². The molecule has 0 amide bonds. The molecule has 0 N–H and O–H groups in total. The average Bonchev–Trinajstić information content (AvgIpc) is 2.86. The molecule has 0 bridgehead atoms. The first-order valence-corrected chi connectivity index (χ1v) is 8.15. The Morgan fingerprint density at radius 3 is 2.73 bits per heavy atom. The highest BCUT2D eigenvalue weighted by molar-refractivity contribution is 7.17. The summed E-state index contributed by atoms with van der Waals surface area (Å²) in [5.74, 6) is 6.33. The van der Waals surface area contributed by atoms with Crippen molar-refractivity contribution in [3.05, 3.63) is 47.4 Å². The Morgan fingerprint density at radius 2 is 2.00 bits per heavy atom. The monoisotopic (exact) mass is 333 g/mol. The third-order valence-corrected chi connectivity index (χ3v) is 4.07. The molecule has 0 spiro atoms. The van der Waals surface area contributed by atoms with Crippen molar-refractivity contribution in [3.63, 3.8) is 0 Å². The van der Waals surface area contributed by atoms with E-state index in [0.29, 0.717) is 0 Å². The van der Waals surface area contributed by atoms with Crippen molar-refractivity contribution < 1.29 is 0 Å². The largest absolute Gasteiger partial charge is 0.298 e. The van der Waals surface area contributed by atoms with E-state index in [0.717, 1.165) is 13.1 Å². The second kappa shape index (κ2) is 8.39. The van der Waals surface area contributed by atoms with E-state index < -0.39 is 0 Å². The van der Waals surface area contributed by atoms with Gasteiger partial charge in [0.15, 0.2) is 0 Å². The summed E-state index contributed by atoms with van der Waals surface area (Å²) >= 11 is 1.82. The summed E-state index contributed by atoms with van der Waals surface area (Å²) in [6.07, 6.45) is 4.10. The molecule has 0 aliphatic carbocycles. The molecule has 1 nitrogen and oxygen atoms in total. The number of fused-ring (bicyclic) bond motifs is 1. The molecule has 0 unspecified atom stereocenters. The van der Waals surface area contributed by atoms with E-state index in [9.17, 15) is 0 Å². The van der Waals surface area contributed by atoms with Gasteiger partial charge in [-0.15, -0.1) is 23.7 Å². The third kappa shape index (κ3) is 5.85. The van der Waals surface area contributed by atoms with Gasteiger partial charge in [0.1, 0.15) is 0 Å². The average molecular weight is 334 g/mol. The molecule has 0 saturated heterocycles. The lowest BCUT2D eigenvalue weighted by Gasteiger charge is -2.14. The van der Waals surface area contributed by atoms with Crippen LogP contribution in [0.25, 0.3) is 10.1 Å². The lowest BCUT2D eigenvalue weighted by Crippen LogP contribution is -2.17. The fourth-order valence-corrected chi connectivity index (χ4v) is 2.99. The Bertz CT molecular complexity index is 683. The van der Waals surface area contributed by atoms with Crippen molar-refractivity contribution in [2.45, 2.75) is 27.3 Å². The van der Waals surface area contributed by atoms with Crippen LogP contribution in [0.2, 0.25) is 0 Å². The predicted molar refractivity (Wildman–Crippen MR) is 102 cm³/mol. The topological polar surface area (TPSA) is 3.24 Å². The van der Waals surface area contributed by atoms with Crippen LogP contribution in [0.15, 0.2) is 41.8 Å². The molecule has 3 heteroatoms. The van der Waals surface area contributed by atoms with Crippen molar-refractivity contribution in [2.24, 2.45) is 5.41 Å². The van der Waals surface area contributed by atoms with Crippen molar-refractivity contribution >= 4 is 33.8 Å². The first-order chi connectivity index (χ1) is 9.96. The Labute approximate surface area is 144 Å². The van der Waals surface area contributed by atoms with Crippen molar-refractivity contribution in [1.82, 2.24) is 4.90 Å². The minimum atomic E-state index is 0. The number of nitrogens with zero attached hydrogens (tertiary/aromatic N) is 1. The Balaban J connectivity index is 0.00000242. The summed E-state index contributed by atoms with van der Waals surface area (Å²) in [6, 6.07) is 8.73. The van der Waals surface area contributed by atoms with Crippen LogP contribution in [0.1, 0.15) is 26.3 Å². The van der Waals surface area contributed by atoms with Gasteiger partial charge in [-0.25, -0.2) is 0 Å². The fourth-order valence-electron chi connectivity index (χ4n) is 2.08. The maximum atomic E-state index is 3.21. The summed E-state index contributed by atoms with van der Waals surface area (Å²) in [6.45, 7) is 8.26. The lowest BCUT2D eigenvalue weighted by molar-refractivity contribution is 0.365. The molecule has 0 radical (unpaired) electrons. The second-order valence-electron chi connectivity index (χ2n) is 6.37. The lowest BCUT2D eigenvalue weighted by atomic mass is 9.98. The van der Waals surface area contributed by atoms with Crippen molar-refractivity contribution in [2.75, 3.05) is 13.6 Å². The number of halogens is 1. The van der Waals surface area contributed by atoms with E-state index in [1.165, 1.54) is 15.6 Å². The zero-order valence-electron chi connectivity index (χ0n) is 13.7. The summed E-state index contributed by atoms with van der Waals surface area (Å²) in [5, 5.41) is 3.51. The number of hydrogen-bond acceptors (Lipinski definition) is 2. The van der Waals surface area contributed by atoms with Crippen LogP contribution in [-0.4, -0.2) is 18.5 Å². The molecule has 0 aliphatic heterocycles. The molecule has 1 aromatic heterocycles. The van der Waals surface area contributed by atoms with Crippen LogP contribution in [-0.2, 0) is 6.54 Å². The van der Waals surface area contributed by atoms with Gasteiger partial charge in [0, 0.05) is 23.2 Å². The van der Waals surface area contributed by atoms with E-state index in [1.807, 2.05) is 17.4 Å². The van der Waals surface area contributed by atoms with Gasteiger partial charge in [-0.05, 0) is 56.3 Å². The highest BCUT2D eigenvalue weighted by Gasteiger charge is 2.04. The van der Waals surface area contributed by atoms with E-state index in [2.05, 4.69) is 80.3 Å². The van der Waals surface area contributed by atoms with Gasteiger partial charge in [-0.1, -0.05) is 36.1 Å². The van der Waals surface area contributed by atoms with Crippen LogP contribution >= 0.6 is 23.7 Å². The molecular formula is C19H24ClNS. The van der Waals surface area contributed by atoms with Crippen LogP contribution in [0.5, 0.6) is 0 Å². The molecule has 2 rings (SSSR count). The normalized spacial score (nSPS) is 11.5. The standard InChI is InChI=1S/C19H23NS.ClH/c1-19(2,3)12-6-5-7-13-20(4)15-17-10-8-9-16-11-14-21-18(16)17;/h5,7-11,14H,13,15H2,1-4H3;1H/b7-5+;. The summed E-state index contributed by atoms with van der Waals surface area (Å²) in [5.41, 5.74) is 1.48. The maximum absolute atomic E-state index is 3.21. The van der Waals surface area contributed by atoms with Crippen LogP contribution < -0.4 is 0 Å². The van der Waals surface area contributed by atoms with Gasteiger partial charge in [0.25, 0.3) is 0 Å². The maximum Gasteiger partial charge on any atom is 0.0387 e. The first-order valence-electron chi connectivity index (χ1n) is 7.27. The SMILES string of the molecule is CN(C/C=C/C#CC(C)(C)C)Cc1cccc2ccsc12.Cl. The number of rotatable bonds is 4. The van der Waals surface area contributed by atoms with Gasteiger partial charge in [0.2, 0.25) is 0 Å². The first kappa shape index (κ1) is 18.8. The molecule has 2 aromatic rings. The molecule has 0 aliphatic rings. The number of thiophene rings is 1. The van der Waals surface area contributed by atoms with Gasteiger partial charge in [0.05, 0.1) is 0 Å². The van der Waals surface area contributed by atoms with E-state index in [4.69, 9.17) is 0 Å². The highest BCUT2D eigenvalue weighted by Crippen LogP contribution is 2.25. The van der Waals surface area contributed by atoms with Crippen LogP contribution in [0.3, 0.4) is 0 Å². The fraction of sp³-hybridized carbons (Fsp3) is 0.368. The third-order valence-electron chi connectivity index (χ3n) is 3.07. The molecule has 0 atom stereocenters. The highest BCUT2D eigenvalue weighted by atomic mass is 35.5. The molecule has 0 fully saturated rings. The van der Waals surface area contributed by atoms with Gasteiger partial charge >= 0.3 is 0 Å². The number of hydrogen-bond donors (Lipinski definition) is 0. The molecule has 1 heterocycles. The van der Waals surface area contributed by atoms with Gasteiger partial charge in [-0.3, -0.25) is 4.90 Å². The molecule has 1 aromatic carbocycles. The molecule has 118 valence electrons. The number of allylic oxidation sites excluding steroid dienone is 1. The minimum absolute atomic E-state index is 0. The van der Waals surface area contributed by atoms with Crippen LogP contribution in [0.4, 0.5) is 0 Å². The Kier molecular flexibility index (Phi) is 7.16.